The molecule has 0 amide bonds. The van der Waals surface area contributed by atoms with Gasteiger partial charge in [0, 0.05) is 17.7 Å². The number of halogens is 2. The number of hydrogen-bond acceptors (Lipinski definition) is 5. The van der Waals surface area contributed by atoms with Crippen LogP contribution in [0.4, 0.5) is 26.2 Å². The van der Waals surface area contributed by atoms with Gasteiger partial charge in [-0.15, -0.1) is 0 Å². The molecule has 3 N–H and O–H groups in total. The molecular weight excluding hydrogens is 342 g/mol. The Balaban J connectivity index is 1.98. The standard InChI is InChI=1S/C18H14F2N4O2/c19-12-6-7-13(20)15(8-12)22-16-9-14(11-4-2-1-3-5-11)23-18(24-16)21-10-17(25)26/h1-9H,10H2,(H,25,26)(H2,21,22,23,24). The van der Waals surface area contributed by atoms with E-state index in [4.69, 9.17) is 5.11 Å². The third-order valence-electron chi connectivity index (χ3n) is 3.38. The second kappa shape index (κ2) is 7.56. The zero-order valence-electron chi connectivity index (χ0n) is 13.4. The number of carboxylic acid groups (broad SMARTS) is 1. The predicted molar refractivity (Wildman–Crippen MR) is 93.2 cm³/mol. The summed E-state index contributed by atoms with van der Waals surface area (Å²) >= 11 is 0. The zero-order valence-corrected chi connectivity index (χ0v) is 13.4. The largest absolute Gasteiger partial charge is 0.480 e. The van der Waals surface area contributed by atoms with E-state index in [1.807, 2.05) is 30.3 Å². The number of aliphatic carboxylic acids is 1. The Kier molecular flexibility index (Phi) is 5.02. The highest BCUT2D eigenvalue weighted by Crippen LogP contribution is 2.25. The highest BCUT2D eigenvalue weighted by Gasteiger charge is 2.10. The monoisotopic (exact) mass is 356 g/mol. The highest BCUT2D eigenvalue weighted by atomic mass is 19.1. The average Bonchev–Trinajstić information content (AvgIpc) is 2.63. The molecular formula is C18H14F2N4O2. The van der Waals surface area contributed by atoms with Crippen LogP contribution >= 0.6 is 0 Å². The molecule has 3 aromatic rings. The van der Waals surface area contributed by atoms with Crippen molar-refractivity contribution in [3.63, 3.8) is 0 Å². The van der Waals surface area contributed by atoms with Crippen LogP contribution in [0.3, 0.4) is 0 Å². The van der Waals surface area contributed by atoms with E-state index in [0.717, 1.165) is 23.8 Å². The van der Waals surface area contributed by atoms with Gasteiger partial charge in [0.15, 0.2) is 0 Å². The first kappa shape index (κ1) is 17.3. The van der Waals surface area contributed by atoms with E-state index in [0.29, 0.717) is 5.69 Å². The van der Waals surface area contributed by atoms with Gasteiger partial charge in [0.1, 0.15) is 24.0 Å². The van der Waals surface area contributed by atoms with E-state index in [9.17, 15) is 13.6 Å². The molecule has 0 unspecified atom stereocenters. The van der Waals surface area contributed by atoms with Gasteiger partial charge in [0.05, 0.1) is 11.4 Å². The van der Waals surface area contributed by atoms with E-state index in [-0.39, 0.29) is 24.0 Å². The molecule has 0 fully saturated rings. The van der Waals surface area contributed by atoms with Crippen LogP contribution in [0.2, 0.25) is 0 Å². The summed E-state index contributed by atoms with van der Waals surface area (Å²) in [5, 5.41) is 14.1. The Morgan fingerprint density at radius 1 is 1.04 bits per heavy atom. The third-order valence-corrected chi connectivity index (χ3v) is 3.38. The Morgan fingerprint density at radius 2 is 1.81 bits per heavy atom. The molecule has 0 radical (unpaired) electrons. The van der Waals surface area contributed by atoms with Gasteiger partial charge < -0.3 is 15.7 Å². The van der Waals surface area contributed by atoms with Crippen molar-refractivity contribution in [3.05, 3.63) is 66.2 Å². The number of nitrogens with one attached hydrogen (secondary N) is 2. The van der Waals surface area contributed by atoms with Crippen molar-refractivity contribution in [1.29, 1.82) is 0 Å². The van der Waals surface area contributed by atoms with Crippen LogP contribution in [0.5, 0.6) is 0 Å². The SMILES string of the molecule is O=C(O)CNc1nc(Nc2cc(F)ccc2F)cc(-c2ccccc2)n1. The number of aromatic nitrogens is 2. The number of rotatable bonds is 6. The fourth-order valence-corrected chi connectivity index (χ4v) is 2.23. The molecule has 0 aliphatic carbocycles. The van der Waals surface area contributed by atoms with Gasteiger partial charge in [-0.25, -0.2) is 13.8 Å². The summed E-state index contributed by atoms with van der Waals surface area (Å²) in [6.45, 7) is -0.383. The number of nitrogens with zero attached hydrogens (tertiary/aromatic N) is 2. The van der Waals surface area contributed by atoms with Gasteiger partial charge >= 0.3 is 5.97 Å². The second-order valence-electron chi connectivity index (χ2n) is 5.32. The molecule has 6 nitrogen and oxygen atoms in total. The summed E-state index contributed by atoms with van der Waals surface area (Å²) in [6.07, 6.45) is 0. The van der Waals surface area contributed by atoms with Crippen molar-refractivity contribution >= 4 is 23.4 Å². The first-order valence-electron chi connectivity index (χ1n) is 7.63. The Morgan fingerprint density at radius 3 is 2.54 bits per heavy atom. The van der Waals surface area contributed by atoms with Crippen molar-refractivity contribution in [1.82, 2.24) is 9.97 Å². The van der Waals surface area contributed by atoms with E-state index in [1.54, 1.807) is 6.07 Å². The topological polar surface area (TPSA) is 87.1 Å². The van der Waals surface area contributed by atoms with Gasteiger partial charge in [0.25, 0.3) is 0 Å². The molecule has 0 spiro atoms. The van der Waals surface area contributed by atoms with Crippen LogP contribution < -0.4 is 10.6 Å². The first-order chi connectivity index (χ1) is 12.5. The number of hydrogen-bond donors (Lipinski definition) is 3. The number of anilines is 3. The zero-order chi connectivity index (χ0) is 18.5. The predicted octanol–water partition coefficient (Wildman–Crippen LogP) is 3.66. The van der Waals surface area contributed by atoms with Crippen LogP contribution in [0, 0.1) is 11.6 Å². The van der Waals surface area contributed by atoms with Crippen LogP contribution in [-0.4, -0.2) is 27.6 Å². The fraction of sp³-hybridized carbons (Fsp3) is 0.0556. The molecule has 0 bridgehead atoms. The molecule has 26 heavy (non-hydrogen) atoms. The van der Waals surface area contributed by atoms with E-state index in [2.05, 4.69) is 20.6 Å². The lowest BCUT2D eigenvalue weighted by Crippen LogP contribution is -2.15. The van der Waals surface area contributed by atoms with Crippen molar-refractivity contribution in [2.45, 2.75) is 0 Å². The molecule has 0 saturated carbocycles. The molecule has 0 aliphatic heterocycles. The summed E-state index contributed by atoms with van der Waals surface area (Å²) in [5.41, 5.74) is 1.16. The molecule has 0 saturated heterocycles. The minimum atomic E-state index is -1.08. The van der Waals surface area contributed by atoms with Gasteiger partial charge in [-0.1, -0.05) is 30.3 Å². The quantitative estimate of drug-likeness (QED) is 0.625. The molecule has 0 atom stereocenters. The van der Waals surface area contributed by atoms with E-state index in [1.165, 1.54) is 0 Å². The van der Waals surface area contributed by atoms with E-state index >= 15 is 0 Å². The summed E-state index contributed by atoms with van der Waals surface area (Å²) in [7, 11) is 0. The second-order valence-corrected chi connectivity index (χ2v) is 5.32. The fourth-order valence-electron chi connectivity index (χ4n) is 2.23. The minimum absolute atomic E-state index is 0.0491. The Labute approximate surface area is 147 Å². The lowest BCUT2D eigenvalue weighted by atomic mass is 10.1. The average molecular weight is 356 g/mol. The van der Waals surface area contributed by atoms with Crippen molar-refractivity contribution < 1.29 is 18.7 Å². The highest BCUT2D eigenvalue weighted by molar-refractivity contribution is 5.73. The molecule has 0 aliphatic rings. The molecule has 2 aromatic carbocycles. The van der Waals surface area contributed by atoms with Crippen LogP contribution in [0.1, 0.15) is 0 Å². The maximum atomic E-state index is 13.9. The maximum absolute atomic E-state index is 13.9. The van der Waals surface area contributed by atoms with Gasteiger partial charge in [-0.05, 0) is 12.1 Å². The summed E-state index contributed by atoms with van der Waals surface area (Å²) in [4.78, 5) is 19.1. The normalized spacial score (nSPS) is 10.4. The molecule has 132 valence electrons. The van der Waals surface area contributed by atoms with Crippen molar-refractivity contribution in [2.75, 3.05) is 17.2 Å². The van der Waals surface area contributed by atoms with Gasteiger partial charge in [-0.3, -0.25) is 4.79 Å². The minimum Gasteiger partial charge on any atom is -0.480 e. The summed E-state index contributed by atoms with van der Waals surface area (Å²) in [6, 6.07) is 13.7. The first-order valence-corrected chi connectivity index (χ1v) is 7.63. The molecule has 3 rings (SSSR count). The Bertz CT molecular complexity index is 936. The molecule has 1 aromatic heterocycles. The van der Waals surface area contributed by atoms with Gasteiger partial charge in [-0.2, -0.15) is 4.98 Å². The maximum Gasteiger partial charge on any atom is 0.322 e. The van der Waals surface area contributed by atoms with Crippen molar-refractivity contribution in [2.24, 2.45) is 0 Å². The third kappa shape index (κ3) is 4.29. The number of carboxylic acids is 1. The number of benzene rings is 2. The van der Waals surface area contributed by atoms with Gasteiger partial charge in [0.2, 0.25) is 5.95 Å². The smallest absolute Gasteiger partial charge is 0.322 e. The summed E-state index contributed by atoms with van der Waals surface area (Å²) < 4.78 is 27.2. The molecule has 1 heterocycles. The van der Waals surface area contributed by atoms with E-state index < -0.39 is 17.6 Å². The lowest BCUT2D eigenvalue weighted by molar-refractivity contribution is -0.134. The van der Waals surface area contributed by atoms with Crippen LogP contribution in [0.15, 0.2) is 54.6 Å². The van der Waals surface area contributed by atoms with Crippen LogP contribution in [-0.2, 0) is 4.79 Å². The summed E-state index contributed by atoms with van der Waals surface area (Å²) in [5.74, 6) is -2.09. The lowest BCUT2D eigenvalue weighted by Gasteiger charge is -2.11. The number of carbonyl (C=O) groups is 1. The van der Waals surface area contributed by atoms with Crippen LogP contribution in [0.25, 0.3) is 11.3 Å². The Hall–Kier alpha value is -3.55. The van der Waals surface area contributed by atoms with Crippen molar-refractivity contribution in [3.8, 4) is 11.3 Å². The molecule has 8 heteroatoms.